The lowest BCUT2D eigenvalue weighted by Gasteiger charge is -2.35. The van der Waals surface area contributed by atoms with Gasteiger partial charge >= 0.3 is 0 Å². The smallest absolute Gasteiger partial charge is 0.226 e. The van der Waals surface area contributed by atoms with Gasteiger partial charge in [-0.15, -0.1) is 5.10 Å². The van der Waals surface area contributed by atoms with Crippen molar-refractivity contribution in [1.82, 2.24) is 24.5 Å². The maximum Gasteiger partial charge on any atom is 0.226 e. The first-order valence-corrected chi connectivity index (χ1v) is 13.7. The van der Waals surface area contributed by atoms with Crippen LogP contribution in [0.2, 0.25) is 0 Å². The Hall–Kier alpha value is -4.77. The third kappa shape index (κ3) is 5.07. The minimum absolute atomic E-state index is 0.156. The van der Waals surface area contributed by atoms with Crippen LogP contribution in [0.4, 0.5) is 5.95 Å². The Balaban J connectivity index is 1.31. The molecule has 3 aromatic heterocycles. The molecule has 0 saturated heterocycles. The molecule has 0 radical (unpaired) electrons. The molecule has 1 atom stereocenters. The summed E-state index contributed by atoms with van der Waals surface area (Å²) in [5.74, 6) is 4.50. The summed E-state index contributed by atoms with van der Waals surface area (Å²) in [5.41, 5.74) is 5.20. The molecular formula is C31H34N6O5. The van der Waals surface area contributed by atoms with E-state index < -0.39 is 0 Å². The second-order valence-electron chi connectivity index (χ2n) is 10.1. The molecule has 4 heterocycles. The quantitative estimate of drug-likeness (QED) is 0.242. The second-order valence-corrected chi connectivity index (χ2v) is 10.1. The molecular weight excluding hydrogens is 536 g/mol. The van der Waals surface area contributed by atoms with Gasteiger partial charge in [-0.3, -0.25) is 4.90 Å². The number of nitrogens with one attached hydrogen (secondary N) is 1. The highest BCUT2D eigenvalue weighted by molar-refractivity contribution is 5.58. The molecule has 11 nitrogen and oxygen atoms in total. The highest BCUT2D eigenvalue weighted by atomic mass is 16.5. The summed E-state index contributed by atoms with van der Waals surface area (Å²) in [4.78, 5) is 12.1. The van der Waals surface area contributed by atoms with Gasteiger partial charge in [-0.2, -0.15) is 4.52 Å². The van der Waals surface area contributed by atoms with Gasteiger partial charge in [0.25, 0.3) is 0 Å². The lowest BCUT2D eigenvalue weighted by Crippen LogP contribution is -2.33. The van der Waals surface area contributed by atoms with Crippen LogP contribution >= 0.6 is 0 Å². The number of furan rings is 1. The highest BCUT2D eigenvalue weighted by Gasteiger charge is 2.27. The summed E-state index contributed by atoms with van der Waals surface area (Å²) in [6.07, 6.45) is 4.40. The zero-order chi connectivity index (χ0) is 29.2. The Labute approximate surface area is 244 Å². The average Bonchev–Trinajstić information content (AvgIpc) is 3.72. The molecule has 1 aliphatic rings. The molecule has 218 valence electrons. The van der Waals surface area contributed by atoms with Crippen LogP contribution < -0.4 is 24.3 Å². The summed E-state index contributed by atoms with van der Waals surface area (Å²) in [5, 5.41) is 8.18. The van der Waals surface area contributed by atoms with E-state index in [9.17, 15) is 0 Å². The maximum absolute atomic E-state index is 5.61. The van der Waals surface area contributed by atoms with E-state index in [0.717, 1.165) is 41.2 Å². The van der Waals surface area contributed by atoms with E-state index in [1.807, 2.05) is 36.5 Å². The van der Waals surface area contributed by atoms with Crippen LogP contribution in [0.3, 0.4) is 0 Å². The maximum atomic E-state index is 5.61. The third-order valence-corrected chi connectivity index (χ3v) is 7.76. The van der Waals surface area contributed by atoms with Crippen molar-refractivity contribution in [2.45, 2.75) is 32.5 Å². The van der Waals surface area contributed by atoms with Crippen LogP contribution in [-0.4, -0.2) is 59.5 Å². The average molecular weight is 571 g/mol. The molecule has 1 aliphatic heterocycles. The second kappa shape index (κ2) is 11.6. The van der Waals surface area contributed by atoms with Crippen LogP contribution in [0.5, 0.6) is 23.0 Å². The molecule has 0 aliphatic carbocycles. The van der Waals surface area contributed by atoms with Gasteiger partial charge in [-0.1, -0.05) is 6.07 Å². The minimum atomic E-state index is 0.156. The molecule has 5 aromatic rings. The molecule has 2 aromatic carbocycles. The molecule has 0 spiro atoms. The van der Waals surface area contributed by atoms with E-state index in [1.54, 1.807) is 39.2 Å². The molecule has 0 amide bonds. The predicted molar refractivity (Wildman–Crippen MR) is 157 cm³/mol. The summed E-state index contributed by atoms with van der Waals surface area (Å²) in [6.45, 7) is 4.25. The van der Waals surface area contributed by atoms with Crippen molar-refractivity contribution >= 4 is 11.6 Å². The predicted octanol–water partition coefficient (Wildman–Crippen LogP) is 5.15. The Morgan fingerprint density at radius 3 is 2.45 bits per heavy atom. The molecule has 0 bridgehead atoms. The number of aromatic nitrogens is 4. The van der Waals surface area contributed by atoms with Crippen molar-refractivity contribution in [2.24, 2.45) is 0 Å². The normalized spacial score (nSPS) is 14.9. The van der Waals surface area contributed by atoms with Crippen molar-refractivity contribution in [2.75, 3.05) is 40.3 Å². The van der Waals surface area contributed by atoms with Crippen LogP contribution in [0, 0.1) is 0 Å². The third-order valence-electron chi connectivity index (χ3n) is 7.76. The fourth-order valence-electron chi connectivity index (χ4n) is 5.46. The van der Waals surface area contributed by atoms with Crippen LogP contribution in [-0.2, 0) is 19.5 Å². The van der Waals surface area contributed by atoms with E-state index in [1.165, 1.54) is 11.1 Å². The van der Waals surface area contributed by atoms with Gasteiger partial charge in [0.15, 0.2) is 34.4 Å². The number of hydrogen-bond donors (Lipinski definition) is 1. The largest absolute Gasteiger partial charge is 0.493 e. The number of hydrogen-bond acceptors (Lipinski definition) is 10. The van der Waals surface area contributed by atoms with Crippen molar-refractivity contribution in [3.8, 4) is 34.6 Å². The van der Waals surface area contributed by atoms with Crippen molar-refractivity contribution < 1.29 is 23.4 Å². The fourth-order valence-corrected chi connectivity index (χ4v) is 5.46. The van der Waals surface area contributed by atoms with Crippen molar-refractivity contribution in [3.05, 3.63) is 77.2 Å². The van der Waals surface area contributed by atoms with Gasteiger partial charge in [0.1, 0.15) is 0 Å². The zero-order valence-electron chi connectivity index (χ0n) is 24.4. The van der Waals surface area contributed by atoms with Crippen LogP contribution in [0.15, 0.2) is 59.3 Å². The molecule has 42 heavy (non-hydrogen) atoms. The number of methoxy groups -OCH3 is 4. The van der Waals surface area contributed by atoms with Crippen molar-refractivity contribution in [1.29, 1.82) is 0 Å². The Bertz CT molecular complexity index is 1700. The fraction of sp³-hybridized carbons (Fsp3) is 0.323. The Kier molecular flexibility index (Phi) is 7.58. The van der Waals surface area contributed by atoms with E-state index in [-0.39, 0.29) is 6.04 Å². The van der Waals surface area contributed by atoms with Crippen LogP contribution in [0.1, 0.15) is 35.2 Å². The standard InChI is InChI=1S/C31H34N6O5/c1-19-23-15-28(41-5)27(40-4)14-21(23)10-11-36(19)18-22-17-33-31(32-16-20-8-9-24(38-2)26(13-20)39-3)37-30(22)34-29(35-37)25-7-6-12-42-25/h6-9,12-15,17,19H,10-11,16,18H2,1-5H3,(H,32,33). The molecule has 11 heteroatoms. The monoisotopic (exact) mass is 570 g/mol. The topological polar surface area (TPSA) is 108 Å². The number of benzene rings is 2. The van der Waals surface area contributed by atoms with Gasteiger partial charge in [-0.25, -0.2) is 9.97 Å². The molecule has 0 fully saturated rings. The Morgan fingerprint density at radius 1 is 0.952 bits per heavy atom. The first-order valence-electron chi connectivity index (χ1n) is 13.7. The van der Waals surface area contributed by atoms with E-state index in [4.69, 9.17) is 38.4 Å². The van der Waals surface area contributed by atoms with Gasteiger partial charge in [0, 0.05) is 37.4 Å². The van der Waals surface area contributed by atoms with E-state index in [0.29, 0.717) is 42.1 Å². The summed E-state index contributed by atoms with van der Waals surface area (Å²) in [7, 11) is 6.58. The highest BCUT2D eigenvalue weighted by Crippen LogP contribution is 2.38. The van der Waals surface area contributed by atoms with Crippen molar-refractivity contribution in [3.63, 3.8) is 0 Å². The summed E-state index contributed by atoms with van der Waals surface area (Å²) < 4.78 is 29.3. The van der Waals surface area contributed by atoms with E-state index >= 15 is 0 Å². The molecule has 1 unspecified atom stereocenters. The Morgan fingerprint density at radius 2 is 1.71 bits per heavy atom. The number of nitrogens with zero attached hydrogens (tertiary/aromatic N) is 5. The summed E-state index contributed by atoms with van der Waals surface area (Å²) >= 11 is 0. The minimum Gasteiger partial charge on any atom is -0.493 e. The lowest BCUT2D eigenvalue weighted by molar-refractivity contribution is 0.189. The van der Waals surface area contributed by atoms with Gasteiger partial charge < -0.3 is 28.7 Å². The van der Waals surface area contributed by atoms with E-state index in [2.05, 4.69) is 29.3 Å². The summed E-state index contributed by atoms with van der Waals surface area (Å²) in [6, 6.07) is 13.8. The lowest BCUT2D eigenvalue weighted by atomic mass is 9.92. The number of ether oxygens (including phenoxy) is 4. The molecule has 6 rings (SSSR count). The molecule has 1 N–H and O–H groups in total. The zero-order valence-corrected chi connectivity index (χ0v) is 24.4. The van der Waals surface area contributed by atoms with Gasteiger partial charge in [0.2, 0.25) is 11.8 Å². The van der Waals surface area contributed by atoms with Gasteiger partial charge in [-0.05, 0) is 66.4 Å². The number of fused-ring (bicyclic) bond motifs is 2. The SMILES string of the molecule is COc1ccc(CNc2ncc(CN3CCc4cc(OC)c(OC)cc4C3C)c3nc(-c4ccco4)nn23)cc1OC. The first-order chi connectivity index (χ1) is 20.5. The number of anilines is 1. The van der Waals surface area contributed by atoms with Crippen LogP contribution in [0.25, 0.3) is 17.2 Å². The molecule has 0 saturated carbocycles. The van der Waals surface area contributed by atoms with Gasteiger partial charge in [0.05, 0.1) is 34.7 Å². The first kappa shape index (κ1) is 27.4. The number of rotatable bonds is 10.